The van der Waals surface area contributed by atoms with Gasteiger partial charge in [0.05, 0.1) is 6.61 Å². The lowest BCUT2D eigenvalue weighted by molar-refractivity contribution is -0.121. The number of fused-ring (bicyclic) bond motifs is 1. The van der Waals surface area contributed by atoms with Crippen LogP contribution in [0, 0.1) is 0 Å². The van der Waals surface area contributed by atoms with Crippen LogP contribution in [-0.2, 0) is 22.4 Å². The number of hydrogen-bond acceptors (Lipinski definition) is 3. The maximum Gasteiger partial charge on any atom is 0.242 e. The van der Waals surface area contributed by atoms with E-state index in [0.717, 1.165) is 18.5 Å². The number of benzene rings is 1. The van der Waals surface area contributed by atoms with Gasteiger partial charge >= 0.3 is 0 Å². The molecule has 1 unspecified atom stereocenters. The summed E-state index contributed by atoms with van der Waals surface area (Å²) in [5.74, 6) is 0.00969. The summed E-state index contributed by atoms with van der Waals surface area (Å²) in [5.41, 5.74) is 3.92. The van der Waals surface area contributed by atoms with Gasteiger partial charge < -0.3 is 15.4 Å². The molecule has 0 heterocycles. The fourth-order valence-corrected chi connectivity index (χ4v) is 2.64. The summed E-state index contributed by atoms with van der Waals surface area (Å²) >= 11 is 0. The molecule has 0 saturated heterocycles. The number of carbonyl (C=O) groups excluding carboxylic acids is 1. The van der Waals surface area contributed by atoms with E-state index in [1.54, 1.807) is 7.11 Å². The van der Waals surface area contributed by atoms with Crippen molar-refractivity contribution in [2.45, 2.75) is 38.6 Å². The smallest absolute Gasteiger partial charge is 0.242 e. The highest BCUT2D eigenvalue weighted by Crippen LogP contribution is 2.28. The minimum Gasteiger partial charge on any atom is -0.383 e. The zero-order valence-electron chi connectivity index (χ0n) is 12.4. The Labute approximate surface area is 120 Å². The maximum absolute atomic E-state index is 12.0. The van der Waals surface area contributed by atoms with Gasteiger partial charge in [-0.3, -0.25) is 4.79 Å². The summed E-state index contributed by atoms with van der Waals surface area (Å²) in [6.07, 6.45) is 4.76. The standard InChI is InChI=1S/C16H24N2O2/c1-12(16(19)17-10-11-20-2)18-15-9-5-7-13-6-3-4-8-14(13)15/h5,7,9,12,18H,3-4,6,8,10-11H2,1-2H3,(H,17,19). The molecule has 1 amide bonds. The molecular formula is C16H24N2O2. The molecule has 4 heteroatoms. The van der Waals surface area contributed by atoms with E-state index in [4.69, 9.17) is 4.74 Å². The van der Waals surface area contributed by atoms with Gasteiger partial charge in [-0.2, -0.15) is 0 Å². The Hall–Kier alpha value is -1.55. The van der Waals surface area contributed by atoms with Crippen molar-refractivity contribution in [1.82, 2.24) is 5.32 Å². The summed E-state index contributed by atoms with van der Waals surface area (Å²) in [7, 11) is 1.63. The molecule has 2 rings (SSSR count). The number of hydrogen-bond donors (Lipinski definition) is 2. The summed E-state index contributed by atoms with van der Waals surface area (Å²) in [6, 6.07) is 6.11. The fraction of sp³-hybridized carbons (Fsp3) is 0.562. The number of ether oxygens (including phenoxy) is 1. The average Bonchev–Trinajstić information content (AvgIpc) is 2.47. The third kappa shape index (κ3) is 3.73. The van der Waals surface area contributed by atoms with Gasteiger partial charge in [-0.15, -0.1) is 0 Å². The van der Waals surface area contributed by atoms with Crippen molar-refractivity contribution < 1.29 is 9.53 Å². The molecule has 0 bridgehead atoms. The Balaban J connectivity index is 1.97. The molecule has 4 nitrogen and oxygen atoms in total. The second kappa shape index (κ2) is 7.29. The van der Waals surface area contributed by atoms with Crippen LogP contribution in [0.25, 0.3) is 0 Å². The third-order valence-electron chi connectivity index (χ3n) is 3.77. The maximum atomic E-state index is 12.0. The molecular weight excluding hydrogens is 252 g/mol. The summed E-state index contributed by atoms with van der Waals surface area (Å²) < 4.78 is 4.93. The van der Waals surface area contributed by atoms with Gasteiger partial charge in [0.2, 0.25) is 5.91 Å². The Morgan fingerprint density at radius 3 is 2.95 bits per heavy atom. The van der Waals surface area contributed by atoms with E-state index in [-0.39, 0.29) is 11.9 Å². The topological polar surface area (TPSA) is 50.4 Å². The van der Waals surface area contributed by atoms with E-state index in [0.29, 0.717) is 13.2 Å². The van der Waals surface area contributed by atoms with Crippen molar-refractivity contribution in [3.8, 4) is 0 Å². The second-order valence-corrected chi connectivity index (χ2v) is 5.30. The molecule has 0 aromatic heterocycles. The molecule has 2 N–H and O–H groups in total. The zero-order chi connectivity index (χ0) is 14.4. The first-order chi connectivity index (χ1) is 9.72. The van der Waals surface area contributed by atoms with Crippen LogP contribution >= 0.6 is 0 Å². The predicted octanol–water partition coefficient (Wildman–Crippen LogP) is 2.13. The van der Waals surface area contributed by atoms with Gasteiger partial charge in [0, 0.05) is 19.3 Å². The number of nitrogens with one attached hydrogen (secondary N) is 2. The van der Waals surface area contributed by atoms with Gasteiger partial charge in [-0.25, -0.2) is 0 Å². The Morgan fingerprint density at radius 2 is 2.15 bits per heavy atom. The fourth-order valence-electron chi connectivity index (χ4n) is 2.64. The lowest BCUT2D eigenvalue weighted by atomic mass is 9.90. The van der Waals surface area contributed by atoms with Crippen LogP contribution in [0.5, 0.6) is 0 Å². The molecule has 20 heavy (non-hydrogen) atoms. The van der Waals surface area contributed by atoms with E-state index in [9.17, 15) is 4.79 Å². The SMILES string of the molecule is COCCNC(=O)C(C)Nc1cccc2c1CCCC2. The van der Waals surface area contributed by atoms with Crippen molar-refractivity contribution in [3.05, 3.63) is 29.3 Å². The van der Waals surface area contributed by atoms with E-state index in [1.165, 1.54) is 24.0 Å². The van der Waals surface area contributed by atoms with Crippen molar-refractivity contribution in [3.63, 3.8) is 0 Å². The normalized spacial score (nSPS) is 15.3. The number of rotatable bonds is 6. The molecule has 0 aliphatic heterocycles. The van der Waals surface area contributed by atoms with E-state index in [1.807, 2.05) is 6.92 Å². The number of aryl methyl sites for hydroxylation is 1. The molecule has 110 valence electrons. The molecule has 0 fully saturated rings. The number of amides is 1. The van der Waals surface area contributed by atoms with Crippen LogP contribution in [0.2, 0.25) is 0 Å². The van der Waals surface area contributed by atoms with Crippen molar-refractivity contribution in [2.24, 2.45) is 0 Å². The lowest BCUT2D eigenvalue weighted by Crippen LogP contribution is -2.39. The molecule has 0 saturated carbocycles. The highest BCUT2D eigenvalue weighted by molar-refractivity contribution is 5.84. The van der Waals surface area contributed by atoms with Crippen LogP contribution in [-0.4, -0.2) is 32.2 Å². The molecule has 1 aliphatic rings. The highest BCUT2D eigenvalue weighted by Gasteiger charge is 2.17. The number of methoxy groups -OCH3 is 1. The number of anilines is 1. The zero-order valence-corrected chi connectivity index (χ0v) is 12.4. The first kappa shape index (κ1) is 14.9. The quantitative estimate of drug-likeness (QED) is 0.783. The minimum atomic E-state index is -0.236. The highest BCUT2D eigenvalue weighted by atomic mass is 16.5. The summed E-state index contributed by atoms with van der Waals surface area (Å²) in [6.45, 7) is 2.98. The predicted molar refractivity (Wildman–Crippen MR) is 81.1 cm³/mol. The van der Waals surface area contributed by atoms with Crippen LogP contribution in [0.15, 0.2) is 18.2 Å². The van der Waals surface area contributed by atoms with Crippen LogP contribution in [0.3, 0.4) is 0 Å². The van der Waals surface area contributed by atoms with Gasteiger partial charge in [0.25, 0.3) is 0 Å². The Bertz CT molecular complexity index is 460. The minimum absolute atomic E-state index is 0.00969. The van der Waals surface area contributed by atoms with E-state index < -0.39 is 0 Å². The van der Waals surface area contributed by atoms with Gasteiger partial charge in [0.15, 0.2) is 0 Å². The van der Waals surface area contributed by atoms with Gasteiger partial charge in [-0.05, 0) is 49.8 Å². The first-order valence-corrected chi connectivity index (χ1v) is 7.36. The van der Waals surface area contributed by atoms with Gasteiger partial charge in [0.1, 0.15) is 6.04 Å². The average molecular weight is 276 g/mol. The van der Waals surface area contributed by atoms with Crippen molar-refractivity contribution >= 4 is 11.6 Å². The number of carbonyl (C=O) groups is 1. The van der Waals surface area contributed by atoms with Crippen molar-refractivity contribution in [1.29, 1.82) is 0 Å². The largest absolute Gasteiger partial charge is 0.383 e. The van der Waals surface area contributed by atoms with Crippen molar-refractivity contribution in [2.75, 3.05) is 25.6 Å². The van der Waals surface area contributed by atoms with Crippen LogP contribution < -0.4 is 10.6 Å². The summed E-state index contributed by atoms with van der Waals surface area (Å²) in [4.78, 5) is 12.0. The van der Waals surface area contributed by atoms with Crippen LogP contribution in [0.1, 0.15) is 30.9 Å². The lowest BCUT2D eigenvalue weighted by Gasteiger charge is -2.22. The Morgan fingerprint density at radius 1 is 1.35 bits per heavy atom. The van der Waals surface area contributed by atoms with E-state index >= 15 is 0 Å². The molecule has 1 aliphatic carbocycles. The summed E-state index contributed by atoms with van der Waals surface area (Å²) in [5, 5.41) is 6.20. The monoisotopic (exact) mass is 276 g/mol. The molecule has 0 radical (unpaired) electrons. The Kier molecular flexibility index (Phi) is 5.41. The second-order valence-electron chi connectivity index (χ2n) is 5.30. The molecule has 1 aromatic rings. The molecule has 0 spiro atoms. The first-order valence-electron chi connectivity index (χ1n) is 7.36. The molecule has 1 atom stereocenters. The van der Waals surface area contributed by atoms with Crippen LogP contribution in [0.4, 0.5) is 5.69 Å². The van der Waals surface area contributed by atoms with E-state index in [2.05, 4.69) is 28.8 Å². The third-order valence-corrected chi connectivity index (χ3v) is 3.77. The molecule has 1 aromatic carbocycles. The van der Waals surface area contributed by atoms with Gasteiger partial charge in [-0.1, -0.05) is 12.1 Å².